The molecule has 6 heteroatoms. The van der Waals surface area contributed by atoms with Crippen LogP contribution in [-0.4, -0.2) is 31.1 Å². The number of unbranched alkanes of at least 4 members (excludes halogenated alkanes) is 1. The van der Waals surface area contributed by atoms with Crippen LogP contribution in [0.15, 0.2) is 47.6 Å². The molecule has 140 valence electrons. The van der Waals surface area contributed by atoms with Crippen LogP contribution in [0, 0.1) is 12.7 Å². The monoisotopic (exact) mass is 357 g/mol. The number of halogens is 1. The molecular weight excluding hydrogens is 329 g/mol. The summed E-state index contributed by atoms with van der Waals surface area (Å²) < 4.78 is 13.7. The number of rotatable bonds is 8. The van der Waals surface area contributed by atoms with Crippen LogP contribution >= 0.6 is 0 Å². The third kappa shape index (κ3) is 6.35. The van der Waals surface area contributed by atoms with Crippen molar-refractivity contribution >= 4 is 11.8 Å². The Kier molecular flexibility index (Phi) is 7.86. The van der Waals surface area contributed by atoms with Crippen molar-refractivity contribution in [2.75, 3.05) is 25.5 Å². The van der Waals surface area contributed by atoms with Crippen molar-refractivity contribution in [3.63, 3.8) is 0 Å². The maximum Gasteiger partial charge on any atom is 0.191 e. The summed E-state index contributed by atoms with van der Waals surface area (Å²) in [6, 6.07) is 11.1. The number of nitrogens with zero attached hydrogens (tertiary/aromatic N) is 2. The van der Waals surface area contributed by atoms with Gasteiger partial charge in [-0.3, -0.25) is 4.99 Å². The lowest BCUT2D eigenvalue weighted by Gasteiger charge is -2.18. The molecule has 1 heterocycles. The third-order valence-corrected chi connectivity index (χ3v) is 4.14. The van der Waals surface area contributed by atoms with E-state index in [1.165, 1.54) is 0 Å². The summed E-state index contributed by atoms with van der Waals surface area (Å²) in [5.74, 6) is 1.44. The molecule has 0 aliphatic heterocycles. The number of benzene rings is 1. The quantitative estimate of drug-likeness (QED) is 0.383. The molecule has 26 heavy (non-hydrogen) atoms. The molecule has 2 rings (SSSR count). The van der Waals surface area contributed by atoms with Crippen LogP contribution in [0.3, 0.4) is 0 Å². The maximum atomic E-state index is 13.7. The molecule has 1 atom stereocenters. The fraction of sp³-hybridized carbons (Fsp3) is 0.400. The number of hydrogen-bond donors (Lipinski definition) is 3. The second-order valence-corrected chi connectivity index (χ2v) is 6.22. The van der Waals surface area contributed by atoms with Crippen LogP contribution < -0.4 is 16.0 Å². The zero-order valence-electron chi connectivity index (χ0n) is 15.7. The lowest BCUT2D eigenvalue weighted by molar-refractivity contribution is 0.607. The molecule has 0 spiro atoms. The minimum atomic E-state index is -0.181. The van der Waals surface area contributed by atoms with E-state index in [1.807, 2.05) is 31.2 Å². The molecule has 0 saturated heterocycles. The van der Waals surface area contributed by atoms with Gasteiger partial charge in [0.15, 0.2) is 5.96 Å². The Labute approximate surface area is 155 Å². The van der Waals surface area contributed by atoms with E-state index < -0.39 is 0 Å². The minimum Gasteiger partial charge on any atom is -0.370 e. The molecule has 5 nitrogen and oxygen atoms in total. The Morgan fingerprint density at radius 2 is 2.00 bits per heavy atom. The molecule has 0 aliphatic rings. The van der Waals surface area contributed by atoms with Crippen molar-refractivity contribution in [2.45, 2.75) is 32.7 Å². The molecule has 0 saturated carbocycles. The van der Waals surface area contributed by atoms with Crippen molar-refractivity contribution in [1.82, 2.24) is 15.6 Å². The van der Waals surface area contributed by atoms with Gasteiger partial charge in [0.05, 0.1) is 6.04 Å². The predicted octanol–water partition coefficient (Wildman–Crippen LogP) is 3.65. The predicted molar refractivity (Wildman–Crippen MR) is 106 cm³/mol. The maximum absolute atomic E-state index is 13.7. The van der Waals surface area contributed by atoms with Crippen LogP contribution in [0.2, 0.25) is 0 Å². The summed E-state index contributed by atoms with van der Waals surface area (Å²) in [5.41, 5.74) is 1.55. The highest BCUT2D eigenvalue weighted by atomic mass is 19.1. The average Bonchev–Trinajstić information content (AvgIpc) is 2.66. The Morgan fingerprint density at radius 3 is 2.69 bits per heavy atom. The first kappa shape index (κ1) is 19.7. The molecule has 2 aromatic rings. The summed E-state index contributed by atoms with van der Waals surface area (Å²) >= 11 is 0. The van der Waals surface area contributed by atoms with Crippen LogP contribution in [-0.2, 0) is 0 Å². The van der Waals surface area contributed by atoms with Crippen molar-refractivity contribution in [1.29, 1.82) is 0 Å². The molecule has 0 bridgehead atoms. The van der Waals surface area contributed by atoms with E-state index in [0.717, 1.165) is 43.3 Å². The van der Waals surface area contributed by atoms with Gasteiger partial charge < -0.3 is 16.0 Å². The van der Waals surface area contributed by atoms with E-state index in [1.54, 1.807) is 32.3 Å². The van der Waals surface area contributed by atoms with Crippen molar-refractivity contribution in [2.24, 2.45) is 4.99 Å². The van der Waals surface area contributed by atoms with Gasteiger partial charge in [-0.15, -0.1) is 0 Å². The summed E-state index contributed by atoms with van der Waals surface area (Å²) in [6.07, 6.45) is 3.81. The highest BCUT2D eigenvalue weighted by Crippen LogP contribution is 2.16. The smallest absolute Gasteiger partial charge is 0.191 e. The van der Waals surface area contributed by atoms with Gasteiger partial charge >= 0.3 is 0 Å². The molecule has 1 unspecified atom stereocenters. The van der Waals surface area contributed by atoms with E-state index in [4.69, 9.17) is 0 Å². The van der Waals surface area contributed by atoms with Gasteiger partial charge in [0.25, 0.3) is 0 Å². The second kappa shape index (κ2) is 10.4. The zero-order valence-corrected chi connectivity index (χ0v) is 15.7. The first-order chi connectivity index (χ1) is 12.6. The highest BCUT2D eigenvalue weighted by Gasteiger charge is 2.09. The number of nitrogens with one attached hydrogen (secondary N) is 3. The zero-order chi connectivity index (χ0) is 18.8. The van der Waals surface area contributed by atoms with E-state index in [-0.39, 0.29) is 11.9 Å². The summed E-state index contributed by atoms with van der Waals surface area (Å²) in [7, 11) is 1.74. The van der Waals surface area contributed by atoms with Crippen LogP contribution in [0.1, 0.15) is 36.9 Å². The van der Waals surface area contributed by atoms with E-state index in [9.17, 15) is 4.39 Å². The summed E-state index contributed by atoms with van der Waals surface area (Å²) in [5, 5.41) is 9.88. The Hall–Kier alpha value is -2.63. The van der Waals surface area contributed by atoms with E-state index >= 15 is 0 Å². The molecule has 3 N–H and O–H groups in total. The number of anilines is 1. The topological polar surface area (TPSA) is 61.3 Å². The molecule has 1 aromatic heterocycles. The third-order valence-electron chi connectivity index (χ3n) is 4.14. The Bertz CT molecular complexity index is 703. The van der Waals surface area contributed by atoms with Gasteiger partial charge in [-0.1, -0.05) is 18.2 Å². The fourth-order valence-corrected chi connectivity index (χ4v) is 2.50. The summed E-state index contributed by atoms with van der Waals surface area (Å²) in [6.45, 7) is 5.45. The largest absolute Gasteiger partial charge is 0.370 e. The lowest BCUT2D eigenvalue weighted by atomic mass is 10.1. The number of aryl methyl sites for hydroxylation is 1. The minimum absolute atomic E-state index is 0.0258. The molecular formula is C20H28FN5. The first-order valence-electron chi connectivity index (χ1n) is 8.98. The van der Waals surface area contributed by atoms with Gasteiger partial charge in [0, 0.05) is 26.3 Å². The van der Waals surface area contributed by atoms with Gasteiger partial charge in [-0.05, 0) is 56.0 Å². The van der Waals surface area contributed by atoms with Gasteiger partial charge in [-0.25, -0.2) is 9.37 Å². The van der Waals surface area contributed by atoms with E-state index in [0.29, 0.717) is 5.56 Å². The van der Waals surface area contributed by atoms with Crippen LogP contribution in [0.5, 0.6) is 0 Å². The second-order valence-electron chi connectivity index (χ2n) is 6.22. The number of pyridine rings is 1. The number of hydrogen-bond acceptors (Lipinski definition) is 3. The lowest BCUT2D eigenvalue weighted by Crippen LogP contribution is -2.39. The Balaban J connectivity index is 1.68. The van der Waals surface area contributed by atoms with Crippen molar-refractivity contribution in [3.8, 4) is 0 Å². The first-order valence-corrected chi connectivity index (χ1v) is 8.98. The van der Waals surface area contributed by atoms with Gasteiger partial charge in [0.2, 0.25) is 0 Å². The average molecular weight is 357 g/mol. The number of guanidine groups is 1. The number of aliphatic imine (C=N–C) groups is 1. The van der Waals surface area contributed by atoms with Gasteiger partial charge in [-0.2, -0.15) is 0 Å². The van der Waals surface area contributed by atoms with Gasteiger partial charge in [0.1, 0.15) is 11.6 Å². The molecule has 0 amide bonds. The SMILES string of the molecule is CN=C(NCCCCNc1ccccn1)NC(C)c1ccc(C)c(F)c1. The standard InChI is InChI=1S/C20H28FN5/c1-15-9-10-17(14-18(15)21)16(2)26-20(22-3)25-13-7-6-12-24-19-8-4-5-11-23-19/h4-5,8-11,14,16H,6-7,12-13H2,1-3H3,(H,23,24)(H2,22,25,26). The van der Waals surface area contributed by atoms with E-state index in [2.05, 4.69) is 25.9 Å². The molecule has 1 aromatic carbocycles. The fourth-order valence-electron chi connectivity index (χ4n) is 2.50. The number of aromatic nitrogens is 1. The molecule has 0 radical (unpaired) electrons. The van der Waals surface area contributed by atoms with Crippen LogP contribution in [0.4, 0.5) is 10.2 Å². The normalized spacial score (nSPS) is 12.5. The Morgan fingerprint density at radius 1 is 1.19 bits per heavy atom. The summed E-state index contributed by atoms with van der Waals surface area (Å²) in [4.78, 5) is 8.46. The van der Waals surface area contributed by atoms with Crippen molar-refractivity contribution in [3.05, 3.63) is 59.5 Å². The van der Waals surface area contributed by atoms with Crippen molar-refractivity contribution < 1.29 is 4.39 Å². The molecule has 0 fully saturated rings. The highest BCUT2D eigenvalue weighted by molar-refractivity contribution is 5.80. The molecule has 0 aliphatic carbocycles. The van der Waals surface area contributed by atoms with Crippen LogP contribution in [0.25, 0.3) is 0 Å².